The molecule has 0 aliphatic carbocycles. The van der Waals surface area contributed by atoms with E-state index in [1.165, 1.54) is 0 Å². The Balaban J connectivity index is 4.14. The average molecular weight is 169 g/mol. The van der Waals surface area contributed by atoms with Crippen LogP contribution in [0.15, 0.2) is 0 Å². The van der Waals surface area contributed by atoms with Crippen LogP contribution in [0.1, 0.15) is 20.8 Å². The molecule has 70 valence electrons. The molecular weight excluding hydrogens is 150 g/mol. The molecule has 0 saturated carbocycles. The van der Waals surface area contributed by atoms with E-state index in [0.29, 0.717) is 6.04 Å². The Morgan fingerprint density at radius 2 is 2.08 bits per heavy atom. The molecule has 1 atom stereocenters. The Bertz CT molecular complexity index is 171. The molecule has 0 heterocycles. The first kappa shape index (κ1) is 11.4. The summed E-state index contributed by atoms with van der Waals surface area (Å²) in [6.07, 6.45) is 0. The van der Waals surface area contributed by atoms with Gasteiger partial charge in [-0.2, -0.15) is 5.26 Å². The molecule has 0 aromatic rings. The number of hydrogen-bond acceptors (Lipinski definition) is 3. The van der Waals surface area contributed by atoms with E-state index in [-0.39, 0.29) is 0 Å². The Morgan fingerprint density at radius 1 is 1.58 bits per heavy atom. The van der Waals surface area contributed by atoms with Crippen molar-refractivity contribution in [3.8, 4) is 6.07 Å². The zero-order valence-electron chi connectivity index (χ0n) is 8.68. The van der Waals surface area contributed by atoms with E-state index in [0.717, 1.165) is 6.54 Å². The second-order valence-electron chi connectivity index (χ2n) is 3.70. The summed E-state index contributed by atoms with van der Waals surface area (Å²) >= 11 is 0. The van der Waals surface area contributed by atoms with Gasteiger partial charge < -0.3 is 10.2 Å². The zero-order chi connectivity index (χ0) is 9.78. The van der Waals surface area contributed by atoms with Gasteiger partial charge in [-0.25, -0.2) is 0 Å². The predicted molar refractivity (Wildman–Crippen MR) is 50.8 cm³/mol. The van der Waals surface area contributed by atoms with Crippen molar-refractivity contribution in [3.05, 3.63) is 0 Å². The first-order valence-corrected chi connectivity index (χ1v) is 4.25. The molecule has 0 saturated heterocycles. The molecule has 12 heavy (non-hydrogen) atoms. The minimum absolute atomic E-state index is 0.432. The summed E-state index contributed by atoms with van der Waals surface area (Å²) < 4.78 is 0. The lowest BCUT2D eigenvalue weighted by atomic mass is 10.0. The van der Waals surface area contributed by atoms with Crippen LogP contribution in [-0.4, -0.2) is 37.1 Å². The maximum absolute atomic E-state index is 8.88. The minimum atomic E-state index is -0.432. The Kier molecular flexibility index (Phi) is 4.22. The van der Waals surface area contributed by atoms with Crippen molar-refractivity contribution in [1.29, 1.82) is 5.26 Å². The zero-order valence-corrected chi connectivity index (χ0v) is 8.68. The molecule has 0 rings (SSSR count). The summed E-state index contributed by atoms with van der Waals surface area (Å²) in [6, 6.07) is 2.74. The highest BCUT2D eigenvalue weighted by molar-refractivity contribution is 5.04. The third kappa shape index (κ3) is 3.21. The molecule has 0 radical (unpaired) electrons. The van der Waals surface area contributed by atoms with E-state index in [1.807, 2.05) is 21.0 Å². The lowest BCUT2D eigenvalue weighted by Gasteiger charge is -2.29. The predicted octanol–water partition coefficient (Wildman–Crippen LogP) is 0.828. The summed E-state index contributed by atoms with van der Waals surface area (Å²) in [5, 5.41) is 11.9. The standard InChI is InChI=1S/C9H19N3/c1-8(2)12(5)7-9(3,6-10)11-4/h8,11H,7H2,1-5H3. The molecule has 0 bridgehead atoms. The van der Waals surface area contributed by atoms with Gasteiger partial charge in [-0.1, -0.05) is 0 Å². The molecule has 0 spiro atoms. The lowest BCUT2D eigenvalue weighted by Crippen LogP contribution is -2.49. The van der Waals surface area contributed by atoms with E-state index >= 15 is 0 Å². The monoisotopic (exact) mass is 169 g/mol. The van der Waals surface area contributed by atoms with Crippen molar-refractivity contribution in [1.82, 2.24) is 10.2 Å². The molecule has 0 aromatic carbocycles. The number of nitrogens with one attached hydrogen (secondary N) is 1. The van der Waals surface area contributed by atoms with Crippen molar-refractivity contribution in [2.24, 2.45) is 0 Å². The molecule has 1 unspecified atom stereocenters. The lowest BCUT2D eigenvalue weighted by molar-refractivity contribution is 0.225. The number of hydrogen-bond donors (Lipinski definition) is 1. The Morgan fingerprint density at radius 3 is 2.33 bits per heavy atom. The van der Waals surface area contributed by atoms with Gasteiger partial charge in [-0.15, -0.1) is 0 Å². The molecular formula is C9H19N3. The number of rotatable bonds is 4. The fourth-order valence-electron chi connectivity index (χ4n) is 0.852. The molecule has 0 aromatic heterocycles. The summed E-state index contributed by atoms with van der Waals surface area (Å²) in [6.45, 7) is 6.89. The van der Waals surface area contributed by atoms with Gasteiger partial charge in [-0.3, -0.25) is 0 Å². The van der Waals surface area contributed by atoms with Crippen LogP contribution in [0.3, 0.4) is 0 Å². The smallest absolute Gasteiger partial charge is 0.116 e. The molecule has 0 aliphatic heterocycles. The first-order valence-electron chi connectivity index (χ1n) is 4.25. The van der Waals surface area contributed by atoms with Crippen LogP contribution in [0.4, 0.5) is 0 Å². The topological polar surface area (TPSA) is 39.1 Å². The maximum Gasteiger partial charge on any atom is 0.116 e. The van der Waals surface area contributed by atoms with Crippen molar-refractivity contribution < 1.29 is 0 Å². The molecule has 3 nitrogen and oxygen atoms in total. The van der Waals surface area contributed by atoms with E-state index < -0.39 is 5.54 Å². The van der Waals surface area contributed by atoms with Crippen molar-refractivity contribution in [2.75, 3.05) is 20.6 Å². The van der Waals surface area contributed by atoms with Crippen LogP contribution in [0, 0.1) is 11.3 Å². The van der Waals surface area contributed by atoms with Gasteiger partial charge >= 0.3 is 0 Å². The van der Waals surface area contributed by atoms with E-state index in [2.05, 4.69) is 30.1 Å². The Hall–Kier alpha value is -0.590. The largest absolute Gasteiger partial charge is 0.302 e. The number of nitrogens with zero attached hydrogens (tertiary/aromatic N) is 2. The van der Waals surface area contributed by atoms with Crippen LogP contribution in [0.5, 0.6) is 0 Å². The van der Waals surface area contributed by atoms with Gasteiger partial charge in [0.15, 0.2) is 0 Å². The summed E-state index contributed by atoms with van der Waals surface area (Å²) in [4.78, 5) is 2.15. The number of likely N-dealkylation sites (N-methyl/N-ethyl adjacent to an activating group) is 2. The summed E-state index contributed by atoms with van der Waals surface area (Å²) in [7, 11) is 3.84. The molecule has 0 aliphatic rings. The molecule has 3 heteroatoms. The van der Waals surface area contributed by atoms with E-state index in [9.17, 15) is 0 Å². The summed E-state index contributed by atoms with van der Waals surface area (Å²) in [5.74, 6) is 0. The van der Waals surface area contributed by atoms with Gasteiger partial charge in [0, 0.05) is 12.6 Å². The highest BCUT2D eigenvalue weighted by atomic mass is 15.2. The maximum atomic E-state index is 8.88. The average Bonchev–Trinajstić information content (AvgIpc) is 2.04. The van der Waals surface area contributed by atoms with Gasteiger partial charge in [0.2, 0.25) is 0 Å². The molecule has 0 amide bonds. The fourth-order valence-corrected chi connectivity index (χ4v) is 0.852. The van der Waals surface area contributed by atoms with Gasteiger partial charge in [-0.05, 0) is 34.9 Å². The van der Waals surface area contributed by atoms with Crippen LogP contribution in [-0.2, 0) is 0 Å². The summed E-state index contributed by atoms with van der Waals surface area (Å²) in [5.41, 5.74) is -0.432. The highest BCUT2D eigenvalue weighted by Crippen LogP contribution is 2.05. The van der Waals surface area contributed by atoms with Gasteiger partial charge in [0.25, 0.3) is 0 Å². The van der Waals surface area contributed by atoms with Crippen LogP contribution >= 0.6 is 0 Å². The van der Waals surface area contributed by atoms with Gasteiger partial charge in [0.05, 0.1) is 6.07 Å². The van der Waals surface area contributed by atoms with E-state index in [1.54, 1.807) is 0 Å². The van der Waals surface area contributed by atoms with Crippen LogP contribution in [0.25, 0.3) is 0 Å². The van der Waals surface area contributed by atoms with Crippen molar-refractivity contribution in [2.45, 2.75) is 32.4 Å². The van der Waals surface area contributed by atoms with Crippen molar-refractivity contribution in [3.63, 3.8) is 0 Å². The highest BCUT2D eigenvalue weighted by Gasteiger charge is 2.23. The van der Waals surface area contributed by atoms with Crippen molar-refractivity contribution >= 4 is 0 Å². The normalized spacial score (nSPS) is 16.2. The Labute approximate surface area is 75.4 Å². The van der Waals surface area contributed by atoms with Crippen LogP contribution in [0.2, 0.25) is 0 Å². The van der Waals surface area contributed by atoms with Crippen LogP contribution < -0.4 is 5.32 Å². The third-order valence-corrected chi connectivity index (χ3v) is 2.25. The second kappa shape index (κ2) is 4.44. The SMILES string of the molecule is CNC(C)(C#N)CN(C)C(C)C. The number of nitriles is 1. The first-order chi connectivity index (χ1) is 5.45. The minimum Gasteiger partial charge on any atom is -0.302 e. The molecule has 0 fully saturated rings. The third-order valence-electron chi connectivity index (χ3n) is 2.25. The quantitative estimate of drug-likeness (QED) is 0.677. The van der Waals surface area contributed by atoms with Gasteiger partial charge in [0.1, 0.15) is 5.54 Å². The molecule has 1 N–H and O–H groups in total. The second-order valence-corrected chi connectivity index (χ2v) is 3.70. The van der Waals surface area contributed by atoms with E-state index in [4.69, 9.17) is 5.26 Å². The fraction of sp³-hybridized carbons (Fsp3) is 0.889.